The van der Waals surface area contributed by atoms with Crippen molar-refractivity contribution >= 4 is 17.3 Å². The van der Waals surface area contributed by atoms with Crippen LogP contribution in [-0.2, 0) is 0 Å². The van der Waals surface area contributed by atoms with Crippen molar-refractivity contribution in [2.45, 2.75) is 38.5 Å². The maximum absolute atomic E-state index is 12.8. The molecule has 4 rings (SSSR count). The van der Waals surface area contributed by atoms with Crippen LogP contribution in [0.15, 0.2) is 48.5 Å². The molecule has 0 aliphatic heterocycles. The number of hydrogen-bond donors (Lipinski definition) is 0. The number of hydrogen-bond acceptors (Lipinski definition) is 3. The molecule has 0 spiro atoms. The molecule has 0 unspecified atom stereocenters. The summed E-state index contributed by atoms with van der Waals surface area (Å²) >= 11 is 0. The molecule has 26 heavy (non-hydrogen) atoms. The van der Waals surface area contributed by atoms with Gasteiger partial charge in [0, 0.05) is 35.1 Å². The van der Waals surface area contributed by atoms with E-state index in [0.29, 0.717) is 46.9 Å². The highest BCUT2D eigenvalue weighted by Gasteiger charge is 2.26. The van der Waals surface area contributed by atoms with Crippen molar-refractivity contribution in [2.75, 3.05) is 0 Å². The van der Waals surface area contributed by atoms with Crippen molar-refractivity contribution in [3.05, 3.63) is 70.8 Å². The first-order valence-electron chi connectivity index (χ1n) is 9.41. The molecular weight excluding hydrogens is 324 g/mol. The normalized spacial score (nSPS) is 16.3. The topological polar surface area (TPSA) is 51.2 Å². The van der Waals surface area contributed by atoms with Crippen LogP contribution in [-0.4, -0.2) is 17.3 Å². The fourth-order valence-corrected chi connectivity index (χ4v) is 3.24. The number of carbonyl (C=O) groups excluding carboxylic acids is 3. The van der Waals surface area contributed by atoms with E-state index in [2.05, 4.69) is 0 Å². The molecule has 0 saturated heterocycles. The minimum absolute atomic E-state index is 0.107. The Hall–Kier alpha value is -2.55. The lowest BCUT2D eigenvalue weighted by Gasteiger charge is -2.06. The first kappa shape index (κ1) is 16.9. The van der Waals surface area contributed by atoms with E-state index in [1.165, 1.54) is 0 Å². The Bertz CT molecular complexity index is 801. The zero-order valence-corrected chi connectivity index (χ0v) is 14.7. The third-order valence-corrected chi connectivity index (χ3v) is 5.24. The van der Waals surface area contributed by atoms with Gasteiger partial charge in [0.15, 0.2) is 17.3 Å². The second-order valence-corrected chi connectivity index (χ2v) is 7.63. The minimum atomic E-state index is -0.146. The smallest absolute Gasteiger partial charge is 0.193 e. The summed E-state index contributed by atoms with van der Waals surface area (Å²) in [6.45, 7) is 0. The molecule has 2 saturated carbocycles. The molecule has 2 fully saturated rings. The SMILES string of the molecule is O=C(CC1CC1)c1cccc(C(=O)c2cccc(C(=O)CC3CC3)c2)c1. The Morgan fingerprint density at radius 2 is 1.04 bits per heavy atom. The molecule has 2 aliphatic rings. The first-order valence-corrected chi connectivity index (χ1v) is 9.41. The van der Waals surface area contributed by atoms with Crippen LogP contribution in [0.4, 0.5) is 0 Å². The third kappa shape index (κ3) is 3.98. The van der Waals surface area contributed by atoms with E-state index in [-0.39, 0.29) is 17.3 Å². The van der Waals surface area contributed by atoms with Gasteiger partial charge in [-0.1, -0.05) is 36.4 Å². The fourth-order valence-electron chi connectivity index (χ4n) is 3.24. The lowest BCUT2D eigenvalue weighted by molar-refractivity contribution is 0.0968. The highest BCUT2D eigenvalue weighted by Crippen LogP contribution is 2.34. The monoisotopic (exact) mass is 346 g/mol. The molecule has 0 aromatic heterocycles. The van der Waals surface area contributed by atoms with Crippen molar-refractivity contribution in [2.24, 2.45) is 11.8 Å². The summed E-state index contributed by atoms with van der Waals surface area (Å²) in [7, 11) is 0. The van der Waals surface area contributed by atoms with Crippen LogP contribution in [0.5, 0.6) is 0 Å². The van der Waals surface area contributed by atoms with E-state index in [0.717, 1.165) is 25.7 Å². The van der Waals surface area contributed by atoms with Gasteiger partial charge in [-0.3, -0.25) is 14.4 Å². The Morgan fingerprint density at radius 1 is 0.654 bits per heavy atom. The van der Waals surface area contributed by atoms with Gasteiger partial charge >= 0.3 is 0 Å². The number of carbonyl (C=O) groups is 3. The van der Waals surface area contributed by atoms with Gasteiger partial charge in [-0.25, -0.2) is 0 Å². The van der Waals surface area contributed by atoms with E-state index in [9.17, 15) is 14.4 Å². The molecule has 0 amide bonds. The molecule has 0 N–H and O–H groups in total. The number of benzene rings is 2. The van der Waals surface area contributed by atoms with Gasteiger partial charge < -0.3 is 0 Å². The van der Waals surface area contributed by atoms with Crippen LogP contribution in [0.3, 0.4) is 0 Å². The van der Waals surface area contributed by atoms with E-state index in [1.807, 2.05) is 0 Å². The molecule has 2 aromatic carbocycles. The zero-order chi connectivity index (χ0) is 18.1. The fraction of sp³-hybridized carbons (Fsp3) is 0.348. The zero-order valence-electron chi connectivity index (χ0n) is 14.7. The van der Waals surface area contributed by atoms with Gasteiger partial charge in [0.1, 0.15) is 0 Å². The molecular formula is C23H22O3. The summed E-state index contributed by atoms with van der Waals surface area (Å²) in [5, 5.41) is 0. The largest absolute Gasteiger partial charge is 0.294 e. The molecule has 2 aliphatic carbocycles. The van der Waals surface area contributed by atoms with E-state index < -0.39 is 0 Å². The molecule has 3 heteroatoms. The average molecular weight is 346 g/mol. The highest BCUT2D eigenvalue weighted by atomic mass is 16.1. The summed E-state index contributed by atoms with van der Waals surface area (Å²) in [5.74, 6) is 1.12. The summed E-state index contributed by atoms with van der Waals surface area (Å²) in [6.07, 6.45) is 5.67. The van der Waals surface area contributed by atoms with Crippen LogP contribution in [0.1, 0.15) is 75.2 Å². The number of rotatable bonds is 8. The van der Waals surface area contributed by atoms with Crippen molar-refractivity contribution in [1.29, 1.82) is 0 Å². The Labute approximate surface area is 153 Å². The van der Waals surface area contributed by atoms with E-state index in [4.69, 9.17) is 0 Å². The van der Waals surface area contributed by atoms with Crippen molar-refractivity contribution in [3.8, 4) is 0 Å². The molecule has 0 heterocycles. The van der Waals surface area contributed by atoms with Crippen LogP contribution >= 0.6 is 0 Å². The molecule has 132 valence electrons. The predicted molar refractivity (Wildman–Crippen MR) is 99.7 cm³/mol. The van der Waals surface area contributed by atoms with Crippen LogP contribution in [0, 0.1) is 11.8 Å². The van der Waals surface area contributed by atoms with Gasteiger partial charge in [-0.15, -0.1) is 0 Å². The molecule has 2 aromatic rings. The second-order valence-electron chi connectivity index (χ2n) is 7.63. The van der Waals surface area contributed by atoms with Crippen LogP contribution in [0.25, 0.3) is 0 Å². The van der Waals surface area contributed by atoms with Crippen molar-refractivity contribution in [3.63, 3.8) is 0 Å². The van der Waals surface area contributed by atoms with E-state index >= 15 is 0 Å². The lowest BCUT2D eigenvalue weighted by Crippen LogP contribution is -2.07. The maximum Gasteiger partial charge on any atom is 0.193 e. The second kappa shape index (κ2) is 6.99. The summed E-state index contributed by atoms with van der Waals surface area (Å²) in [5.41, 5.74) is 2.20. The molecule has 0 radical (unpaired) electrons. The summed E-state index contributed by atoms with van der Waals surface area (Å²) < 4.78 is 0. The predicted octanol–water partition coefficient (Wildman–Crippen LogP) is 4.88. The van der Waals surface area contributed by atoms with Gasteiger partial charge in [-0.05, 0) is 49.7 Å². The van der Waals surface area contributed by atoms with Crippen molar-refractivity contribution in [1.82, 2.24) is 0 Å². The third-order valence-electron chi connectivity index (χ3n) is 5.24. The minimum Gasteiger partial charge on any atom is -0.294 e. The Balaban J connectivity index is 1.53. The van der Waals surface area contributed by atoms with Crippen molar-refractivity contribution < 1.29 is 14.4 Å². The molecule has 0 atom stereocenters. The summed E-state index contributed by atoms with van der Waals surface area (Å²) in [6, 6.07) is 13.9. The quantitative estimate of drug-likeness (QED) is 0.640. The van der Waals surface area contributed by atoms with E-state index in [1.54, 1.807) is 48.5 Å². The maximum atomic E-state index is 12.8. The summed E-state index contributed by atoms with van der Waals surface area (Å²) in [4.78, 5) is 37.4. The number of ketones is 3. The molecule has 0 bridgehead atoms. The van der Waals surface area contributed by atoms with Crippen LogP contribution < -0.4 is 0 Å². The Morgan fingerprint density at radius 3 is 1.42 bits per heavy atom. The Kier molecular flexibility index (Phi) is 4.54. The van der Waals surface area contributed by atoms with Gasteiger partial charge in [0.25, 0.3) is 0 Å². The van der Waals surface area contributed by atoms with Crippen LogP contribution in [0.2, 0.25) is 0 Å². The standard InChI is InChI=1S/C23H22O3/c24-21(11-15-7-8-15)17-3-1-5-19(13-17)23(26)20-6-2-4-18(14-20)22(25)12-16-9-10-16/h1-6,13-16H,7-12H2. The van der Waals surface area contributed by atoms with Gasteiger partial charge in [-0.2, -0.15) is 0 Å². The number of Topliss-reactive ketones (excluding diaryl/α,β-unsaturated/α-hetero) is 2. The lowest BCUT2D eigenvalue weighted by atomic mass is 9.96. The van der Waals surface area contributed by atoms with Gasteiger partial charge in [0.05, 0.1) is 0 Å². The first-order chi connectivity index (χ1) is 12.6. The highest BCUT2D eigenvalue weighted by molar-refractivity contribution is 6.11. The average Bonchev–Trinajstić information content (AvgIpc) is 3.58. The van der Waals surface area contributed by atoms with Gasteiger partial charge in [0.2, 0.25) is 0 Å². The molecule has 3 nitrogen and oxygen atoms in total.